The standard InChI is InChI=1S/C28H26FN5O4/c29-22-8-5-19(6-9-22)24(16-26(35)36)32-27(37)21-7-10-25(23(31)15-21)33-11-13-34(14-12-33)28(38)20-3-1-18(17-30)2-4-20/h1-10,15,24H,11-14,16,31H2,(H,32,37)(H,35,36). The SMILES string of the molecule is N#Cc1ccc(C(=O)N2CCN(c3ccc(C(=O)NC(CC(=O)O)c4ccc(F)cc4)cc3N)CC2)cc1. The van der Waals surface area contributed by atoms with Gasteiger partial charge in [-0.3, -0.25) is 14.4 Å². The minimum absolute atomic E-state index is 0.105. The third-order valence-corrected chi connectivity index (χ3v) is 6.41. The third kappa shape index (κ3) is 6.07. The number of nitrogen functional groups attached to an aromatic ring is 1. The van der Waals surface area contributed by atoms with Crippen LogP contribution in [0, 0.1) is 17.1 Å². The van der Waals surface area contributed by atoms with E-state index in [0.29, 0.717) is 48.6 Å². The fourth-order valence-electron chi connectivity index (χ4n) is 4.37. The molecule has 1 unspecified atom stereocenters. The number of nitriles is 1. The first-order valence-electron chi connectivity index (χ1n) is 12.0. The highest BCUT2D eigenvalue weighted by atomic mass is 19.1. The van der Waals surface area contributed by atoms with Crippen LogP contribution in [0.1, 0.15) is 44.3 Å². The van der Waals surface area contributed by atoms with Gasteiger partial charge in [-0.15, -0.1) is 0 Å². The average molecular weight is 516 g/mol. The largest absolute Gasteiger partial charge is 0.481 e. The van der Waals surface area contributed by atoms with Gasteiger partial charge in [0.05, 0.1) is 35.5 Å². The number of nitrogens with two attached hydrogens (primary N) is 1. The van der Waals surface area contributed by atoms with Crippen LogP contribution in [0.25, 0.3) is 0 Å². The first kappa shape index (κ1) is 26.2. The normalized spacial score (nSPS) is 13.9. The van der Waals surface area contributed by atoms with Crippen LogP contribution in [0.4, 0.5) is 15.8 Å². The molecule has 3 aromatic rings. The van der Waals surface area contributed by atoms with E-state index < -0.39 is 23.7 Å². The number of carboxylic acid groups (broad SMARTS) is 1. The van der Waals surface area contributed by atoms with E-state index in [-0.39, 0.29) is 17.9 Å². The van der Waals surface area contributed by atoms with Gasteiger partial charge < -0.3 is 26.0 Å². The van der Waals surface area contributed by atoms with Crippen LogP contribution >= 0.6 is 0 Å². The van der Waals surface area contributed by atoms with Crippen LogP contribution in [-0.4, -0.2) is 54.0 Å². The number of piperazine rings is 1. The summed E-state index contributed by atoms with van der Waals surface area (Å²) in [7, 11) is 0. The Morgan fingerprint density at radius 1 is 0.974 bits per heavy atom. The molecule has 0 radical (unpaired) electrons. The summed E-state index contributed by atoms with van der Waals surface area (Å²) in [5.41, 5.74) is 9.13. The zero-order valence-corrected chi connectivity index (χ0v) is 20.4. The number of aliphatic carboxylic acids is 1. The quantitative estimate of drug-likeness (QED) is 0.411. The van der Waals surface area contributed by atoms with Gasteiger partial charge in [-0.2, -0.15) is 5.26 Å². The summed E-state index contributed by atoms with van der Waals surface area (Å²) in [6.45, 7) is 2.05. The average Bonchev–Trinajstić information content (AvgIpc) is 2.92. The minimum atomic E-state index is -1.11. The van der Waals surface area contributed by atoms with Crippen molar-refractivity contribution in [2.45, 2.75) is 12.5 Å². The summed E-state index contributed by atoms with van der Waals surface area (Å²) in [4.78, 5) is 40.8. The molecule has 10 heteroatoms. The van der Waals surface area contributed by atoms with E-state index in [1.807, 2.05) is 11.0 Å². The van der Waals surface area contributed by atoms with Gasteiger partial charge in [-0.1, -0.05) is 12.1 Å². The number of benzene rings is 3. The van der Waals surface area contributed by atoms with Crippen molar-refractivity contribution in [3.63, 3.8) is 0 Å². The topological polar surface area (TPSA) is 140 Å². The smallest absolute Gasteiger partial charge is 0.305 e. The van der Waals surface area contributed by atoms with Gasteiger partial charge >= 0.3 is 5.97 Å². The number of hydrogen-bond donors (Lipinski definition) is 3. The van der Waals surface area contributed by atoms with Crippen molar-refractivity contribution in [3.05, 3.63) is 94.8 Å². The maximum Gasteiger partial charge on any atom is 0.305 e. The fourth-order valence-corrected chi connectivity index (χ4v) is 4.37. The Morgan fingerprint density at radius 3 is 2.18 bits per heavy atom. The molecule has 1 atom stereocenters. The molecule has 1 saturated heterocycles. The van der Waals surface area contributed by atoms with Gasteiger partial charge in [-0.25, -0.2) is 4.39 Å². The Kier molecular flexibility index (Phi) is 7.87. The lowest BCUT2D eigenvalue weighted by Gasteiger charge is -2.36. The summed E-state index contributed by atoms with van der Waals surface area (Å²) in [5.74, 6) is -2.17. The molecule has 0 spiro atoms. The highest BCUT2D eigenvalue weighted by molar-refractivity contribution is 5.97. The Hall–Kier alpha value is -4.91. The number of halogens is 1. The number of carbonyl (C=O) groups excluding carboxylic acids is 2. The van der Waals surface area contributed by atoms with Crippen molar-refractivity contribution in [1.82, 2.24) is 10.2 Å². The fraction of sp³-hybridized carbons (Fsp3) is 0.214. The number of carbonyl (C=O) groups is 3. The van der Waals surface area contributed by atoms with Crippen LogP contribution < -0.4 is 16.0 Å². The second-order valence-corrected chi connectivity index (χ2v) is 8.92. The minimum Gasteiger partial charge on any atom is -0.481 e. The van der Waals surface area contributed by atoms with Gasteiger partial charge in [0.2, 0.25) is 0 Å². The predicted molar refractivity (Wildman–Crippen MR) is 139 cm³/mol. The van der Waals surface area contributed by atoms with Gasteiger partial charge in [-0.05, 0) is 60.2 Å². The first-order chi connectivity index (χ1) is 18.2. The maximum absolute atomic E-state index is 13.3. The summed E-state index contributed by atoms with van der Waals surface area (Å²) in [6, 6.07) is 17.9. The Bertz CT molecular complexity index is 1380. The van der Waals surface area contributed by atoms with Crippen LogP contribution in [0.2, 0.25) is 0 Å². The van der Waals surface area contributed by atoms with Crippen molar-refractivity contribution in [1.29, 1.82) is 5.26 Å². The van der Waals surface area contributed by atoms with Crippen molar-refractivity contribution < 1.29 is 23.9 Å². The van der Waals surface area contributed by atoms with E-state index in [4.69, 9.17) is 11.0 Å². The predicted octanol–water partition coefficient (Wildman–Crippen LogP) is 3.19. The molecule has 1 aliphatic heterocycles. The molecular weight excluding hydrogens is 489 g/mol. The number of hydrogen-bond acceptors (Lipinski definition) is 6. The molecule has 1 heterocycles. The molecule has 4 rings (SSSR count). The summed E-state index contributed by atoms with van der Waals surface area (Å²) in [6.07, 6.45) is -0.365. The van der Waals surface area contributed by atoms with Crippen molar-refractivity contribution >= 4 is 29.2 Å². The van der Waals surface area contributed by atoms with Gasteiger partial charge in [0, 0.05) is 37.3 Å². The van der Waals surface area contributed by atoms with E-state index in [1.165, 1.54) is 30.3 Å². The molecule has 194 valence electrons. The number of carboxylic acids is 1. The number of amides is 2. The van der Waals surface area contributed by atoms with Crippen LogP contribution in [0.5, 0.6) is 0 Å². The van der Waals surface area contributed by atoms with Crippen molar-refractivity contribution in [2.75, 3.05) is 36.8 Å². The zero-order chi connectivity index (χ0) is 27.2. The molecule has 0 saturated carbocycles. The molecule has 0 aromatic heterocycles. The lowest BCUT2D eigenvalue weighted by molar-refractivity contribution is -0.137. The van der Waals surface area contributed by atoms with Gasteiger partial charge in [0.25, 0.3) is 11.8 Å². The maximum atomic E-state index is 13.3. The van der Waals surface area contributed by atoms with Gasteiger partial charge in [0.15, 0.2) is 0 Å². The molecule has 2 amide bonds. The summed E-state index contributed by atoms with van der Waals surface area (Å²) in [5, 5.41) is 20.9. The molecule has 0 bridgehead atoms. The highest BCUT2D eigenvalue weighted by Gasteiger charge is 2.24. The van der Waals surface area contributed by atoms with Crippen LogP contribution in [0.3, 0.4) is 0 Å². The lowest BCUT2D eigenvalue weighted by atomic mass is 10.0. The molecule has 0 aliphatic carbocycles. The molecule has 9 nitrogen and oxygen atoms in total. The molecular formula is C28H26FN5O4. The summed E-state index contributed by atoms with van der Waals surface area (Å²) >= 11 is 0. The second-order valence-electron chi connectivity index (χ2n) is 8.92. The van der Waals surface area contributed by atoms with E-state index in [2.05, 4.69) is 5.32 Å². The first-order valence-corrected chi connectivity index (χ1v) is 12.0. The Labute approximate surface area is 218 Å². The second kappa shape index (κ2) is 11.4. The van der Waals surface area contributed by atoms with Crippen LogP contribution in [0.15, 0.2) is 66.7 Å². The van der Waals surface area contributed by atoms with Gasteiger partial charge in [0.1, 0.15) is 5.82 Å². The van der Waals surface area contributed by atoms with Crippen molar-refractivity contribution in [2.24, 2.45) is 0 Å². The van der Waals surface area contributed by atoms with E-state index in [1.54, 1.807) is 41.3 Å². The Balaban J connectivity index is 1.40. The number of anilines is 2. The summed E-state index contributed by atoms with van der Waals surface area (Å²) < 4.78 is 13.3. The van der Waals surface area contributed by atoms with Crippen LogP contribution in [-0.2, 0) is 4.79 Å². The van der Waals surface area contributed by atoms with E-state index in [9.17, 15) is 23.9 Å². The molecule has 1 aliphatic rings. The molecule has 3 aromatic carbocycles. The molecule has 1 fully saturated rings. The number of nitrogens with one attached hydrogen (secondary N) is 1. The number of rotatable bonds is 7. The van der Waals surface area contributed by atoms with E-state index >= 15 is 0 Å². The van der Waals surface area contributed by atoms with E-state index in [0.717, 1.165) is 5.69 Å². The lowest BCUT2D eigenvalue weighted by Crippen LogP contribution is -2.49. The Morgan fingerprint density at radius 2 is 1.61 bits per heavy atom. The highest BCUT2D eigenvalue weighted by Crippen LogP contribution is 2.27. The zero-order valence-electron chi connectivity index (χ0n) is 20.4. The molecule has 38 heavy (non-hydrogen) atoms. The monoisotopic (exact) mass is 515 g/mol. The number of nitrogens with zero attached hydrogens (tertiary/aromatic N) is 3. The molecule has 4 N–H and O–H groups in total. The van der Waals surface area contributed by atoms with Crippen molar-refractivity contribution in [3.8, 4) is 6.07 Å². The third-order valence-electron chi connectivity index (χ3n) is 6.41.